The predicted molar refractivity (Wildman–Crippen MR) is 80.3 cm³/mol. The highest BCUT2D eigenvalue weighted by atomic mass is 32.1. The third kappa shape index (κ3) is 3.32. The minimum atomic E-state index is -0.0545. The second kappa shape index (κ2) is 5.97. The number of thiazole rings is 1. The van der Waals surface area contributed by atoms with E-state index in [4.69, 9.17) is 4.52 Å². The number of rotatable bonds is 4. The summed E-state index contributed by atoms with van der Waals surface area (Å²) in [5.74, 6) is 0.669. The fourth-order valence-electron chi connectivity index (χ4n) is 2.58. The van der Waals surface area contributed by atoms with Crippen molar-refractivity contribution in [3.05, 3.63) is 33.1 Å². The van der Waals surface area contributed by atoms with Gasteiger partial charge in [0.1, 0.15) is 10.8 Å². The normalized spacial score (nSPS) is 15.5. The van der Waals surface area contributed by atoms with E-state index in [1.165, 1.54) is 23.4 Å². The summed E-state index contributed by atoms with van der Waals surface area (Å²) in [5.41, 5.74) is 1.89. The number of fused-ring (bicyclic) bond motifs is 1. The predicted octanol–water partition coefficient (Wildman–Crippen LogP) is 2.74. The van der Waals surface area contributed by atoms with E-state index < -0.39 is 0 Å². The Kier molecular flexibility index (Phi) is 4.05. The van der Waals surface area contributed by atoms with Crippen LogP contribution in [0.15, 0.2) is 10.6 Å². The zero-order valence-electron chi connectivity index (χ0n) is 12.3. The van der Waals surface area contributed by atoms with Gasteiger partial charge in [0, 0.05) is 10.9 Å². The van der Waals surface area contributed by atoms with Gasteiger partial charge in [0.15, 0.2) is 0 Å². The number of nitrogens with one attached hydrogen (secondary N) is 1. The van der Waals surface area contributed by atoms with Crippen LogP contribution < -0.4 is 5.32 Å². The standard InChI is InChI=1S/C15H19N3O2S/c1-9-7-11(18-20-9)8-14(19)16-10(2)15-17-12-5-3-4-6-13(12)21-15/h7,10H,3-6,8H2,1-2H3,(H,16,19)/t10-/m1/s1. The van der Waals surface area contributed by atoms with Crippen molar-refractivity contribution in [1.29, 1.82) is 0 Å². The van der Waals surface area contributed by atoms with Crippen LogP contribution in [-0.2, 0) is 24.1 Å². The van der Waals surface area contributed by atoms with Crippen molar-refractivity contribution in [2.75, 3.05) is 0 Å². The molecule has 1 atom stereocenters. The molecule has 5 nitrogen and oxygen atoms in total. The number of hydrogen-bond acceptors (Lipinski definition) is 5. The van der Waals surface area contributed by atoms with Gasteiger partial charge in [-0.2, -0.15) is 0 Å². The summed E-state index contributed by atoms with van der Waals surface area (Å²) in [6, 6.07) is 1.73. The maximum absolute atomic E-state index is 12.0. The average molecular weight is 305 g/mol. The molecule has 0 unspecified atom stereocenters. The monoisotopic (exact) mass is 305 g/mol. The van der Waals surface area contributed by atoms with Gasteiger partial charge in [0.25, 0.3) is 0 Å². The molecule has 1 N–H and O–H groups in total. The molecule has 0 aliphatic heterocycles. The van der Waals surface area contributed by atoms with Gasteiger partial charge in [-0.15, -0.1) is 11.3 Å². The third-order valence-corrected chi connectivity index (χ3v) is 4.97. The lowest BCUT2D eigenvalue weighted by Crippen LogP contribution is -2.28. The smallest absolute Gasteiger partial charge is 0.226 e. The van der Waals surface area contributed by atoms with E-state index in [2.05, 4.69) is 15.5 Å². The molecule has 1 amide bonds. The molecule has 6 heteroatoms. The Labute approximate surface area is 127 Å². The molecule has 112 valence electrons. The van der Waals surface area contributed by atoms with Gasteiger partial charge in [0.05, 0.1) is 23.9 Å². The molecular weight excluding hydrogens is 286 g/mol. The number of aromatic nitrogens is 2. The minimum Gasteiger partial charge on any atom is -0.361 e. The number of amides is 1. The van der Waals surface area contributed by atoms with Crippen molar-refractivity contribution >= 4 is 17.2 Å². The molecule has 0 radical (unpaired) electrons. The van der Waals surface area contributed by atoms with Crippen molar-refractivity contribution in [2.45, 2.75) is 52.0 Å². The van der Waals surface area contributed by atoms with Gasteiger partial charge < -0.3 is 9.84 Å². The van der Waals surface area contributed by atoms with Gasteiger partial charge in [-0.3, -0.25) is 4.79 Å². The molecule has 1 aliphatic rings. The molecule has 21 heavy (non-hydrogen) atoms. The highest BCUT2D eigenvalue weighted by Crippen LogP contribution is 2.29. The van der Waals surface area contributed by atoms with Gasteiger partial charge in [-0.05, 0) is 39.5 Å². The lowest BCUT2D eigenvalue weighted by Gasteiger charge is -2.10. The lowest BCUT2D eigenvalue weighted by atomic mass is 10.0. The number of hydrogen-bond donors (Lipinski definition) is 1. The number of carbonyl (C=O) groups excluding carboxylic acids is 1. The first-order valence-electron chi connectivity index (χ1n) is 7.32. The van der Waals surface area contributed by atoms with E-state index >= 15 is 0 Å². The largest absolute Gasteiger partial charge is 0.361 e. The number of aryl methyl sites for hydroxylation is 3. The van der Waals surface area contributed by atoms with Gasteiger partial charge in [0.2, 0.25) is 5.91 Å². The zero-order chi connectivity index (χ0) is 14.8. The Hall–Kier alpha value is -1.69. The second-order valence-corrected chi connectivity index (χ2v) is 6.64. The molecular formula is C15H19N3O2S. The molecule has 0 saturated heterocycles. The van der Waals surface area contributed by atoms with Gasteiger partial charge >= 0.3 is 0 Å². The molecule has 0 fully saturated rings. The Morgan fingerprint density at radius 1 is 1.48 bits per heavy atom. The molecule has 2 aromatic rings. The van der Waals surface area contributed by atoms with Crippen molar-refractivity contribution < 1.29 is 9.32 Å². The van der Waals surface area contributed by atoms with E-state index in [1.807, 2.05) is 13.8 Å². The first kappa shape index (κ1) is 14.3. The average Bonchev–Trinajstić information content (AvgIpc) is 3.04. The maximum atomic E-state index is 12.0. The summed E-state index contributed by atoms with van der Waals surface area (Å²) >= 11 is 1.74. The summed E-state index contributed by atoms with van der Waals surface area (Å²) in [7, 11) is 0. The molecule has 2 aromatic heterocycles. The Balaban J connectivity index is 1.61. The van der Waals surface area contributed by atoms with Gasteiger partial charge in [-0.1, -0.05) is 5.16 Å². The van der Waals surface area contributed by atoms with E-state index in [0.29, 0.717) is 5.69 Å². The fraction of sp³-hybridized carbons (Fsp3) is 0.533. The maximum Gasteiger partial charge on any atom is 0.226 e. The van der Waals surface area contributed by atoms with Crippen LogP contribution in [0.3, 0.4) is 0 Å². The molecule has 0 aromatic carbocycles. The first-order valence-corrected chi connectivity index (χ1v) is 8.13. The minimum absolute atomic E-state index is 0.0519. The van der Waals surface area contributed by atoms with Crippen molar-refractivity contribution in [3.63, 3.8) is 0 Å². The molecule has 0 spiro atoms. The fourth-order valence-corrected chi connectivity index (χ4v) is 3.73. The molecule has 0 bridgehead atoms. The summed E-state index contributed by atoms with van der Waals surface area (Å²) < 4.78 is 4.97. The highest BCUT2D eigenvalue weighted by molar-refractivity contribution is 7.11. The van der Waals surface area contributed by atoms with Gasteiger partial charge in [-0.25, -0.2) is 4.98 Å². The molecule has 2 heterocycles. The van der Waals surface area contributed by atoms with Crippen molar-refractivity contribution in [1.82, 2.24) is 15.5 Å². The topological polar surface area (TPSA) is 68.0 Å². The van der Waals surface area contributed by atoms with Crippen LogP contribution in [0.4, 0.5) is 0 Å². The Bertz CT molecular complexity index is 624. The van der Waals surface area contributed by atoms with E-state index in [-0.39, 0.29) is 18.4 Å². The molecule has 0 saturated carbocycles. The first-order chi connectivity index (χ1) is 10.1. The van der Waals surface area contributed by atoms with Crippen LogP contribution in [0.25, 0.3) is 0 Å². The summed E-state index contributed by atoms with van der Waals surface area (Å²) in [4.78, 5) is 18.1. The zero-order valence-corrected chi connectivity index (χ0v) is 13.1. The van der Waals surface area contributed by atoms with Crippen LogP contribution in [-0.4, -0.2) is 16.0 Å². The van der Waals surface area contributed by atoms with Crippen molar-refractivity contribution in [3.8, 4) is 0 Å². The summed E-state index contributed by atoms with van der Waals surface area (Å²) in [5, 5.41) is 7.84. The molecule has 1 aliphatic carbocycles. The van der Waals surface area contributed by atoms with Crippen LogP contribution in [0.1, 0.15) is 52.8 Å². The summed E-state index contributed by atoms with van der Waals surface area (Å²) in [6.45, 7) is 3.80. The van der Waals surface area contributed by atoms with Crippen LogP contribution in [0.2, 0.25) is 0 Å². The summed E-state index contributed by atoms with van der Waals surface area (Å²) in [6.07, 6.45) is 4.92. The van der Waals surface area contributed by atoms with E-state index in [0.717, 1.165) is 23.6 Å². The lowest BCUT2D eigenvalue weighted by molar-refractivity contribution is -0.121. The SMILES string of the molecule is Cc1cc(CC(=O)N[C@H](C)c2nc3c(s2)CCCC3)no1. The van der Waals surface area contributed by atoms with E-state index in [1.54, 1.807) is 17.4 Å². The number of nitrogens with zero attached hydrogens (tertiary/aromatic N) is 2. The second-order valence-electron chi connectivity index (χ2n) is 5.52. The van der Waals surface area contributed by atoms with E-state index in [9.17, 15) is 4.79 Å². The third-order valence-electron chi connectivity index (χ3n) is 3.63. The quantitative estimate of drug-likeness (QED) is 0.943. The molecule has 3 rings (SSSR count). The van der Waals surface area contributed by atoms with Crippen LogP contribution >= 0.6 is 11.3 Å². The Morgan fingerprint density at radius 3 is 3.00 bits per heavy atom. The van der Waals surface area contributed by atoms with Crippen LogP contribution in [0.5, 0.6) is 0 Å². The van der Waals surface area contributed by atoms with Crippen molar-refractivity contribution in [2.24, 2.45) is 0 Å². The highest BCUT2D eigenvalue weighted by Gasteiger charge is 2.19. The van der Waals surface area contributed by atoms with Crippen LogP contribution in [0, 0.1) is 6.92 Å². The number of carbonyl (C=O) groups is 1. The Morgan fingerprint density at radius 2 is 2.29 bits per heavy atom.